The van der Waals surface area contributed by atoms with Crippen molar-refractivity contribution in [1.82, 2.24) is 5.43 Å². The lowest BCUT2D eigenvalue weighted by Gasteiger charge is -2.00. The van der Waals surface area contributed by atoms with Crippen LogP contribution in [0.2, 0.25) is 0 Å². The predicted molar refractivity (Wildman–Crippen MR) is 75.5 cm³/mol. The van der Waals surface area contributed by atoms with Gasteiger partial charge in [0.1, 0.15) is 5.82 Å². The molecule has 0 fully saturated rings. The minimum atomic E-state index is -0.284. The first kappa shape index (κ1) is 15.3. The van der Waals surface area contributed by atoms with Crippen LogP contribution in [0.4, 0.5) is 4.39 Å². The summed E-state index contributed by atoms with van der Waals surface area (Å²) in [6.07, 6.45) is 7.61. The number of unbranched alkanes of at least 4 members (excludes halogenated alkanes) is 4. The number of rotatable bonds is 8. The highest BCUT2D eigenvalue weighted by Crippen LogP contribution is 2.04. The van der Waals surface area contributed by atoms with E-state index >= 15 is 0 Å². The van der Waals surface area contributed by atoms with Crippen molar-refractivity contribution in [3.8, 4) is 0 Å². The van der Waals surface area contributed by atoms with Crippen molar-refractivity contribution in [1.29, 1.82) is 0 Å². The fourth-order valence-electron chi connectivity index (χ4n) is 1.67. The van der Waals surface area contributed by atoms with Gasteiger partial charge in [-0.2, -0.15) is 5.10 Å². The smallest absolute Gasteiger partial charge is 0.240 e. The zero-order valence-electron chi connectivity index (χ0n) is 11.4. The quantitative estimate of drug-likeness (QED) is 0.435. The van der Waals surface area contributed by atoms with Gasteiger partial charge in [-0.15, -0.1) is 0 Å². The number of amides is 1. The largest absolute Gasteiger partial charge is 0.273 e. The van der Waals surface area contributed by atoms with E-state index in [4.69, 9.17) is 0 Å². The Balaban J connectivity index is 2.17. The second kappa shape index (κ2) is 9.25. The van der Waals surface area contributed by atoms with Crippen molar-refractivity contribution in [3.63, 3.8) is 0 Å². The van der Waals surface area contributed by atoms with Crippen LogP contribution >= 0.6 is 0 Å². The number of benzene rings is 1. The summed E-state index contributed by atoms with van der Waals surface area (Å²) in [5.74, 6) is -0.358. The van der Waals surface area contributed by atoms with E-state index in [9.17, 15) is 9.18 Å². The molecule has 4 heteroatoms. The molecule has 1 N–H and O–H groups in total. The first-order chi connectivity index (χ1) is 9.22. The molecule has 0 aliphatic heterocycles. The number of nitrogens with zero attached hydrogens (tertiary/aromatic N) is 1. The summed E-state index contributed by atoms with van der Waals surface area (Å²) < 4.78 is 12.7. The van der Waals surface area contributed by atoms with E-state index in [0.29, 0.717) is 6.42 Å². The molecule has 0 unspecified atom stereocenters. The summed E-state index contributed by atoms with van der Waals surface area (Å²) in [4.78, 5) is 11.4. The number of carbonyl (C=O) groups is 1. The van der Waals surface area contributed by atoms with E-state index in [2.05, 4.69) is 17.5 Å². The zero-order valence-corrected chi connectivity index (χ0v) is 11.4. The lowest BCUT2D eigenvalue weighted by atomic mass is 10.1. The van der Waals surface area contributed by atoms with Gasteiger partial charge >= 0.3 is 0 Å². The maximum absolute atomic E-state index is 12.7. The third-order valence-electron chi connectivity index (χ3n) is 2.78. The topological polar surface area (TPSA) is 41.5 Å². The molecule has 104 valence electrons. The standard InChI is InChI=1S/C15H21FN2O/c1-2-3-4-5-6-7-15(19)18-17-12-13-8-10-14(16)11-9-13/h8-12H,2-7H2,1H3,(H,18,19)/b17-12-. The molecule has 0 aliphatic rings. The molecule has 0 heterocycles. The molecule has 1 rings (SSSR count). The molecular weight excluding hydrogens is 243 g/mol. The van der Waals surface area contributed by atoms with Crippen molar-refractivity contribution in [2.24, 2.45) is 5.10 Å². The highest BCUT2D eigenvalue weighted by atomic mass is 19.1. The number of nitrogens with one attached hydrogen (secondary N) is 1. The van der Waals surface area contributed by atoms with Crippen LogP contribution < -0.4 is 5.43 Å². The Morgan fingerprint density at radius 3 is 2.58 bits per heavy atom. The summed E-state index contributed by atoms with van der Waals surface area (Å²) in [6.45, 7) is 2.16. The SMILES string of the molecule is CCCCCCCC(=O)N/N=C\c1ccc(F)cc1. The van der Waals surface area contributed by atoms with Gasteiger partial charge in [0.25, 0.3) is 0 Å². The molecule has 0 aliphatic carbocycles. The number of hydrogen-bond acceptors (Lipinski definition) is 2. The molecule has 0 bridgehead atoms. The molecule has 1 amide bonds. The number of halogens is 1. The predicted octanol–water partition coefficient (Wildman–Crippen LogP) is 3.64. The Labute approximate surface area is 113 Å². The average molecular weight is 264 g/mol. The second-order valence-electron chi connectivity index (χ2n) is 4.51. The summed E-state index contributed by atoms with van der Waals surface area (Å²) in [6, 6.07) is 5.93. The van der Waals surface area contributed by atoms with Crippen LogP contribution in [0.15, 0.2) is 29.4 Å². The maximum Gasteiger partial charge on any atom is 0.240 e. The van der Waals surface area contributed by atoms with Crippen LogP contribution in [-0.4, -0.2) is 12.1 Å². The molecule has 1 aromatic carbocycles. The Bertz CT molecular complexity index is 401. The van der Waals surface area contributed by atoms with Gasteiger partial charge in [-0.1, -0.05) is 44.7 Å². The van der Waals surface area contributed by atoms with E-state index in [1.54, 1.807) is 12.1 Å². The minimum Gasteiger partial charge on any atom is -0.273 e. The Morgan fingerprint density at radius 2 is 1.89 bits per heavy atom. The summed E-state index contributed by atoms with van der Waals surface area (Å²) >= 11 is 0. The van der Waals surface area contributed by atoms with Gasteiger partial charge in [-0.3, -0.25) is 4.79 Å². The van der Waals surface area contributed by atoms with Gasteiger partial charge in [0.2, 0.25) is 5.91 Å². The summed E-state index contributed by atoms with van der Waals surface area (Å²) in [5.41, 5.74) is 3.23. The summed E-state index contributed by atoms with van der Waals surface area (Å²) in [7, 11) is 0. The van der Waals surface area contributed by atoms with Crippen LogP contribution in [0, 0.1) is 5.82 Å². The van der Waals surface area contributed by atoms with Crippen LogP contribution in [0.1, 0.15) is 51.0 Å². The highest BCUT2D eigenvalue weighted by Gasteiger charge is 1.98. The van der Waals surface area contributed by atoms with Gasteiger partial charge in [0, 0.05) is 6.42 Å². The molecule has 3 nitrogen and oxygen atoms in total. The number of hydrogen-bond donors (Lipinski definition) is 1. The lowest BCUT2D eigenvalue weighted by molar-refractivity contribution is -0.121. The Kier molecular flexibility index (Phi) is 7.47. The molecule has 1 aromatic rings. The van der Waals surface area contributed by atoms with E-state index in [-0.39, 0.29) is 11.7 Å². The van der Waals surface area contributed by atoms with E-state index in [0.717, 1.165) is 18.4 Å². The first-order valence-corrected chi connectivity index (χ1v) is 6.80. The van der Waals surface area contributed by atoms with Crippen LogP contribution in [0.3, 0.4) is 0 Å². The lowest BCUT2D eigenvalue weighted by Crippen LogP contribution is -2.16. The van der Waals surface area contributed by atoms with Crippen LogP contribution in [-0.2, 0) is 4.79 Å². The van der Waals surface area contributed by atoms with Gasteiger partial charge in [-0.25, -0.2) is 9.82 Å². The van der Waals surface area contributed by atoms with Gasteiger partial charge in [-0.05, 0) is 24.1 Å². The van der Waals surface area contributed by atoms with Gasteiger partial charge < -0.3 is 0 Å². The van der Waals surface area contributed by atoms with Gasteiger partial charge in [0.05, 0.1) is 6.21 Å². The molecule has 0 saturated heterocycles. The second-order valence-corrected chi connectivity index (χ2v) is 4.51. The molecular formula is C15H21FN2O. The number of carbonyl (C=O) groups excluding carboxylic acids is 1. The van der Waals surface area contributed by atoms with Crippen molar-refractivity contribution < 1.29 is 9.18 Å². The van der Waals surface area contributed by atoms with E-state index < -0.39 is 0 Å². The minimum absolute atomic E-state index is 0.0742. The average Bonchev–Trinajstić information content (AvgIpc) is 2.41. The van der Waals surface area contributed by atoms with Crippen molar-refractivity contribution in [2.75, 3.05) is 0 Å². The van der Waals surface area contributed by atoms with E-state index in [1.807, 2.05) is 0 Å². The maximum atomic E-state index is 12.7. The summed E-state index contributed by atoms with van der Waals surface area (Å²) in [5, 5.41) is 3.84. The van der Waals surface area contributed by atoms with Gasteiger partial charge in [0.15, 0.2) is 0 Å². The van der Waals surface area contributed by atoms with Crippen LogP contribution in [0.25, 0.3) is 0 Å². The van der Waals surface area contributed by atoms with Crippen molar-refractivity contribution in [3.05, 3.63) is 35.6 Å². The first-order valence-electron chi connectivity index (χ1n) is 6.80. The molecule has 0 saturated carbocycles. The van der Waals surface area contributed by atoms with E-state index in [1.165, 1.54) is 37.6 Å². The molecule has 19 heavy (non-hydrogen) atoms. The fraction of sp³-hybridized carbons (Fsp3) is 0.467. The number of hydrazone groups is 1. The highest BCUT2D eigenvalue weighted by molar-refractivity contribution is 5.82. The van der Waals surface area contributed by atoms with Crippen molar-refractivity contribution in [2.45, 2.75) is 45.4 Å². The zero-order chi connectivity index (χ0) is 13.9. The third kappa shape index (κ3) is 7.34. The van der Waals surface area contributed by atoms with Crippen molar-refractivity contribution >= 4 is 12.1 Å². The molecule has 0 aromatic heterocycles. The normalized spacial score (nSPS) is 10.8. The Hall–Kier alpha value is -1.71. The molecule has 0 radical (unpaired) electrons. The van der Waals surface area contributed by atoms with Crippen LogP contribution in [0.5, 0.6) is 0 Å². The Morgan fingerprint density at radius 1 is 1.21 bits per heavy atom. The third-order valence-corrected chi connectivity index (χ3v) is 2.78. The molecule has 0 atom stereocenters. The monoisotopic (exact) mass is 264 g/mol. The molecule has 0 spiro atoms. The fourth-order valence-corrected chi connectivity index (χ4v) is 1.67.